The normalized spacial score (nSPS) is 28.8. The molecule has 0 saturated carbocycles. The Morgan fingerprint density at radius 2 is 1.76 bits per heavy atom. The topological polar surface area (TPSA) is 166 Å². The van der Waals surface area contributed by atoms with Crippen molar-refractivity contribution in [3.8, 4) is 11.5 Å². The number of aliphatic hydroxyl groups is 3. The highest BCUT2D eigenvalue weighted by Gasteiger charge is 2.56. The van der Waals surface area contributed by atoms with E-state index in [0.717, 1.165) is 43.9 Å². The molecule has 11 heteroatoms. The van der Waals surface area contributed by atoms with Crippen molar-refractivity contribution in [1.82, 2.24) is 4.90 Å². The highest BCUT2D eigenvalue weighted by Crippen LogP contribution is 2.54. The van der Waals surface area contributed by atoms with Gasteiger partial charge < -0.3 is 39.7 Å². The van der Waals surface area contributed by atoms with Crippen LogP contribution in [0.5, 0.6) is 11.5 Å². The number of hydrogen-bond acceptors (Lipinski definition) is 9. The van der Waals surface area contributed by atoms with Crippen LogP contribution in [0.3, 0.4) is 0 Å². The predicted octanol–water partition coefficient (Wildman–Crippen LogP) is -0.328. The van der Waals surface area contributed by atoms with Crippen LogP contribution >= 0.6 is 0 Å². The Morgan fingerprint density at radius 1 is 1.12 bits per heavy atom. The first-order valence-electron chi connectivity index (χ1n) is 10.6. The molecule has 1 aliphatic carbocycles. The van der Waals surface area contributed by atoms with E-state index in [1.807, 2.05) is 0 Å². The molecule has 1 spiro atoms. The van der Waals surface area contributed by atoms with Crippen LogP contribution in [-0.4, -0.2) is 93.2 Å². The van der Waals surface area contributed by atoms with E-state index in [9.17, 15) is 14.7 Å². The molecule has 33 heavy (non-hydrogen) atoms. The maximum Gasteiger partial charge on any atom is 0.335 e. The molecule has 3 aliphatic heterocycles. The van der Waals surface area contributed by atoms with E-state index >= 15 is 0 Å². The molecule has 0 amide bonds. The maximum absolute atomic E-state index is 11.0. The van der Waals surface area contributed by atoms with Crippen LogP contribution in [0.25, 0.3) is 0 Å². The first-order chi connectivity index (χ1) is 15.7. The standard InChI is InChI=1S/C18H21NO4.C4H6O6/c1-21-15-9-18-4-2-5-19(18)6-3-11-7-13-14(23-10-22-13)8-12(11)16(18)17(15)20;5-1(3(7)8)2(6)4(9)10/h7-9,16-17,20H,2-6,10H2,1H3;1-2,5-6H,(H,7,8)(H,9,10)/t16-,17-,18+;/m1./s1. The summed E-state index contributed by atoms with van der Waals surface area (Å²) in [5.74, 6) is -1.21. The summed E-state index contributed by atoms with van der Waals surface area (Å²) in [6.45, 7) is 2.37. The Hall–Kier alpha value is -2.86. The molecule has 4 aliphatic rings. The summed E-state index contributed by atoms with van der Waals surface area (Å²) in [6.07, 6.45) is 0.251. The Balaban J connectivity index is 0.000000223. The molecule has 1 saturated heterocycles. The molecular weight excluding hydrogens is 438 g/mol. The number of carboxylic acids is 2. The average molecular weight is 465 g/mol. The molecule has 0 aromatic heterocycles. The smallest absolute Gasteiger partial charge is 0.335 e. The fraction of sp³-hybridized carbons (Fsp3) is 0.545. The average Bonchev–Trinajstić information content (AvgIpc) is 3.46. The maximum atomic E-state index is 11.0. The van der Waals surface area contributed by atoms with Crippen LogP contribution < -0.4 is 9.47 Å². The number of carboxylic acid groups (broad SMARTS) is 2. The van der Waals surface area contributed by atoms with E-state index in [1.165, 1.54) is 11.1 Å². The zero-order valence-electron chi connectivity index (χ0n) is 18.0. The molecular formula is C22H27NO10. The minimum atomic E-state index is -2.27. The van der Waals surface area contributed by atoms with Crippen molar-refractivity contribution in [2.45, 2.75) is 49.0 Å². The summed E-state index contributed by atoms with van der Waals surface area (Å²) < 4.78 is 16.6. The number of nitrogens with zero attached hydrogens (tertiary/aromatic N) is 1. The second-order valence-electron chi connectivity index (χ2n) is 8.48. The number of ether oxygens (including phenoxy) is 3. The lowest BCUT2D eigenvalue weighted by molar-refractivity contribution is -0.165. The monoisotopic (exact) mass is 465 g/mol. The number of methoxy groups -OCH3 is 1. The number of benzene rings is 1. The van der Waals surface area contributed by atoms with Gasteiger partial charge in [-0.25, -0.2) is 9.59 Å². The summed E-state index contributed by atoms with van der Waals surface area (Å²) in [6, 6.07) is 4.19. The second-order valence-corrected chi connectivity index (χ2v) is 8.48. The largest absolute Gasteiger partial charge is 0.499 e. The molecule has 180 valence electrons. The van der Waals surface area contributed by atoms with E-state index < -0.39 is 30.3 Å². The van der Waals surface area contributed by atoms with Gasteiger partial charge in [0.2, 0.25) is 6.79 Å². The van der Waals surface area contributed by atoms with E-state index in [4.69, 9.17) is 34.6 Å². The van der Waals surface area contributed by atoms with Crippen LogP contribution in [0, 0.1) is 0 Å². The van der Waals surface area contributed by atoms with Gasteiger partial charge in [-0.05, 0) is 55.1 Å². The molecule has 5 N–H and O–H groups in total. The molecule has 2 unspecified atom stereocenters. The van der Waals surface area contributed by atoms with Gasteiger partial charge in [-0.1, -0.05) is 0 Å². The Bertz CT molecular complexity index is 960. The molecule has 0 radical (unpaired) electrons. The Labute approximate surface area is 189 Å². The quantitative estimate of drug-likeness (QED) is 0.395. The van der Waals surface area contributed by atoms with Crippen LogP contribution in [-0.2, 0) is 20.7 Å². The van der Waals surface area contributed by atoms with Gasteiger partial charge in [0.1, 0.15) is 11.9 Å². The zero-order valence-corrected chi connectivity index (χ0v) is 18.0. The van der Waals surface area contributed by atoms with Crippen molar-refractivity contribution in [2.24, 2.45) is 0 Å². The van der Waals surface area contributed by atoms with Crippen LogP contribution in [0.15, 0.2) is 24.0 Å². The molecule has 5 atom stereocenters. The summed E-state index contributed by atoms with van der Waals surface area (Å²) >= 11 is 0. The van der Waals surface area contributed by atoms with E-state index in [1.54, 1.807) is 7.11 Å². The highest BCUT2D eigenvalue weighted by atomic mass is 16.7. The van der Waals surface area contributed by atoms with Gasteiger partial charge in [-0.3, -0.25) is 4.90 Å². The minimum absolute atomic E-state index is 0.00644. The van der Waals surface area contributed by atoms with Crippen molar-refractivity contribution in [1.29, 1.82) is 0 Å². The first-order valence-corrected chi connectivity index (χ1v) is 10.6. The molecule has 1 fully saturated rings. The predicted molar refractivity (Wildman–Crippen MR) is 111 cm³/mol. The molecule has 11 nitrogen and oxygen atoms in total. The lowest BCUT2D eigenvalue weighted by Crippen LogP contribution is -2.46. The van der Waals surface area contributed by atoms with Crippen molar-refractivity contribution < 1.29 is 49.3 Å². The summed E-state index contributed by atoms with van der Waals surface area (Å²) in [7, 11) is 1.65. The van der Waals surface area contributed by atoms with Gasteiger partial charge >= 0.3 is 11.9 Å². The van der Waals surface area contributed by atoms with Gasteiger partial charge in [-0.2, -0.15) is 0 Å². The summed E-state index contributed by atoms with van der Waals surface area (Å²) in [5, 5.41) is 43.5. The van der Waals surface area contributed by atoms with Crippen molar-refractivity contribution in [3.05, 3.63) is 35.1 Å². The van der Waals surface area contributed by atoms with E-state index in [-0.39, 0.29) is 18.2 Å². The summed E-state index contributed by atoms with van der Waals surface area (Å²) in [4.78, 5) is 22.1. The van der Waals surface area contributed by atoms with Gasteiger partial charge in [0.15, 0.2) is 23.7 Å². The van der Waals surface area contributed by atoms with E-state index in [0.29, 0.717) is 5.76 Å². The number of rotatable bonds is 4. The van der Waals surface area contributed by atoms with Crippen molar-refractivity contribution >= 4 is 11.9 Å². The van der Waals surface area contributed by atoms with E-state index in [2.05, 4.69) is 23.1 Å². The van der Waals surface area contributed by atoms with Crippen LogP contribution in [0.2, 0.25) is 0 Å². The molecule has 3 heterocycles. The molecule has 0 bridgehead atoms. The number of hydrogen-bond donors (Lipinski definition) is 5. The number of aliphatic hydroxyl groups excluding tert-OH is 3. The SMILES string of the molecule is COC1=C[C@]23CCCN2CCc2cc4c(cc2[C@@H]3[C@@H]1O)OCO4.O=C(O)C(O)C(O)C(=O)O. The number of fused-ring (bicyclic) bond motifs is 3. The Morgan fingerprint density at radius 3 is 2.36 bits per heavy atom. The summed E-state index contributed by atoms with van der Waals surface area (Å²) in [5.41, 5.74) is 2.33. The molecule has 1 aromatic carbocycles. The minimum Gasteiger partial charge on any atom is -0.499 e. The van der Waals surface area contributed by atoms with Gasteiger partial charge in [0.05, 0.1) is 12.6 Å². The van der Waals surface area contributed by atoms with Gasteiger partial charge in [0, 0.05) is 12.5 Å². The fourth-order valence-corrected chi connectivity index (χ4v) is 5.26. The fourth-order valence-electron chi connectivity index (χ4n) is 5.26. The molecule has 5 rings (SSSR count). The Kier molecular flexibility index (Phi) is 6.23. The second kappa shape index (κ2) is 8.82. The van der Waals surface area contributed by atoms with Crippen LogP contribution in [0.1, 0.15) is 29.9 Å². The highest BCUT2D eigenvalue weighted by molar-refractivity contribution is 5.83. The lowest BCUT2D eigenvalue weighted by atomic mass is 9.78. The third-order valence-electron chi connectivity index (χ3n) is 6.79. The number of carbonyl (C=O) groups is 2. The first kappa shape index (κ1) is 23.3. The number of aliphatic carboxylic acids is 2. The zero-order chi connectivity index (χ0) is 23.9. The van der Waals surface area contributed by atoms with Gasteiger partial charge in [-0.15, -0.1) is 0 Å². The van der Waals surface area contributed by atoms with Crippen molar-refractivity contribution in [2.75, 3.05) is 27.0 Å². The third kappa shape index (κ3) is 3.90. The van der Waals surface area contributed by atoms with Gasteiger partial charge in [0.25, 0.3) is 0 Å². The molecule has 1 aromatic rings. The van der Waals surface area contributed by atoms with Crippen molar-refractivity contribution in [3.63, 3.8) is 0 Å². The van der Waals surface area contributed by atoms with Crippen LogP contribution in [0.4, 0.5) is 0 Å². The third-order valence-corrected chi connectivity index (χ3v) is 6.79. The lowest BCUT2D eigenvalue weighted by Gasteiger charge is -2.38.